The Labute approximate surface area is 158 Å². The van der Waals surface area contributed by atoms with Crippen molar-refractivity contribution in [2.24, 2.45) is 0 Å². The largest absolute Gasteiger partial charge is 0.479 e. The molecule has 13 heteroatoms. The first-order valence-corrected chi connectivity index (χ1v) is 7.69. The van der Waals surface area contributed by atoms with Gasteiger partial charge in [0.05, 0.1) is 16.3 Å². The number of carboxylic acids is 1. The summed E-state index contributed by atoms with van der Waals surface area (Å²) >= 11 is 5.74. The highest BCUT2D eigenvalue weighted by Crippen LogP contribution is 2.24. The maximum absolute atomic E-state index is 14.3. The number of nitrogens with two attached hydrogens (primary N) is 1. The molecule has 3 N–H and O–H groups in total. The summed E-state index contributed by atoms with van der Waals surface area (Å²) in [5.41, 5.74) is -5.35. The SMILES string of the molecule is CC(OC(=O)c1cc(-n2c(=O)cc(C(F)F)n(N)c2=O)c(F)cc1Cl)C(=O)O. The number of carbonyl (C=O) groups is 2. The number of nitrogens with zero attached hydrogens (tertiary/aromatic N) is 2. The number of esters is 1. The Hall–Kier alpha value is -3.28. The fourth-order valence-corrected chi connectivity index (χ4v) is 2.33. The Morgan fingerprint density at radius 2 is 1.86 bits per heavy atom. The Morgan fingerprint density at radius 1 is 1.25 bits per heavy atom. The van der Waals surface area contributed by atoms with E-state index in [0.29, 0.717) is 18.2 Å². The third kappa shape index (κ3) is 3.86. The maximum atomic E-state index is 14.3. The van der Waals surface area contributed by atoms with E-state index < -0.39 is 63.5 Å². The standard InChI is InChI=1S/C15H11ClF3N3O6/c1-5(13(24)25)28-14(26)6-2-9(8(17)3-7(6)16)21-11(23)4-10(12(18)19)22(20)15(21)27/h2-5,12H,20H2,1H3,(H,24,25). The number of ether oxygens (including phenoxy) is 1. The van der Waals surface area contributed by atoms with Gasteiger partial charge >= 0.3 is 17.6 Å². The topological polar surface area (TPSA) is 134 Å². The highest BCUT2D eigenvalue weighted by molar-refractivity contribution is 6.33. The average molecular weight is 422 g/mol. The molecule has 0 fully saturated rings. The molecule has 0 bridgehead atoms. The molecule has 0 saturated heterocycles. The van der Waals surface area contributed by atoms with Crippen LogP contribution in [0.4, 0.5) is 13.2 Å². The van der Waals surface area contributed by atoms with E-state index in [1.54, 1.807) is 0 Å². The minimum absolute atomic E-state index is 0.0510. The van der Waals surface area contributed by atoms with E-state index in [9.17, 15) is 32.3 Å². The number of hydrogen-bond donors (Lipinski definition) is 2. The lowest BCUT2D eigenvalue weighted by Crippen LogP contribution is -2.43. The van der Waals surface area contributed by atoms with Gasteiger partial charge in [0, 0.05) is 6.07 Å². The number of aromatic nitrogens is 2. The van der Waals surface area contributed by atoms with E-state index in [0.717, 1.165) is 6.92 Å². The molecule has 150 valence electrons. The van der Waals surface area contributed by atoms with Crippen LogP contribution in [0, 0.1) is 5.82 Å². The fourth-order valence-electron chi connectivity index (χ4n) is 2.10. The second kappa shape index (κ2) is 7.76. The highest BCUT2D eigenvalue weighted by Gasteiger charge is 2.24. The fraction of sp³-hybridized carbons (Fsp3) is 0.200. The van der Waals surface area contributed by atoms with Crippen LogP contribution < -0.4 is 17.1 Å². The van der Waals surface area contributed by atoms with Crippen LogP contribution in [0.5, 0.6) is 0 Å². The van der Waals surface area contributed by atoms with Crippen molar-refractivity contribution in [2.45, 2.75) is 19.5 Å². The molecule has 1 unspecified atom stereocenters. The summed E-state index contributed by atoms with van der Waals surface area (Å²) in [4.78, 5) is 47.1. The molecule has 0 radical (unpaired) electrons. The number of benzene rings is 1. The molecule has 1 aromatic heterocycles. The molecule has 0 amide bonds. The van der Waals surface area contributed by atoms with Crippen LogP contribution >= 0.6 is 11.6 Å². The maximum Gasteiger partial charge on any atom is 0.354 e. The summed E-state index contributed by atoms with van der Waals surface area (Å²) in [7, 11) is 0. The van der Waals surface area contributed by atoms with Gasteiger partial charge < -0.3 is 15.7 Å². The number of halogens is 4. The van der Waals surface area contributed by atoms with Gasteiger partial charge in [-0.1, -0.05) is 11.6 Å². The molecule has 1 atom stereocenters. The lowest BCUT2D eigenvalue weighted by atomic mass is 10.2. The minimum Gasteiger partial charge on any atom is -0.479 e. The van der Waals surface area contributed by atoms with Crippen LogP contribution in [0.2, 0.25) is 5.02 Å². The zero-order valence-corrected chi connectivity index (χ0v) is 14.6. The Kier molecular flexibility index (Phi) is 5.83. The van der Waals surface area contributed by atoms with E-state index in [1.165, 1.54) is 0 Å². The first-order chi connectivity index (χ1) is 13.0. The highest BCUT2D eigenvalue weighted by atomic mass is 35.5. The van der Waals surface area contributed by atoms with Crippen molar-refractivity contribution in [1.82, 2.24) is 9.24 Å². The first kappa shape index (κ1) is 21.0. The van der Waals surface area contributed by atoms with Crippen molar-refractivity contribution in [3.63, 3.8) is 0 Å². The average Bonchev–Trinajstić information content (AvgIpc) is 2.59. The quantitative estimate of drug-likeness (QED) is 0.545. The summed E-state index contributed by atoms with van der Waals surface area (Å²) in [5, 5.41) is 8.26. The molecule has 0 spiro atoms. The van der Waals surface area contributed by atoms with Crippen LogP contribution in [0.3, 0.4) is 0 Å². The third-order valence-corrected chi connectivity index (χ3v) is 3.83. The molecule has 0 aliphatic heterocycles. The smallest absolute Gasteiger partial charge is 0.354 e. The predicted octanol–water partition coefficient (Wildman–Crippen LogP) is 1.07. The van der Waals surface area contributed by atoms with Gasteiger partial charge in [0.2, 0.25) is 0 Å². The van der Waals surface area contributed by atoms with Crippen LogP contribution in [0.15, 0.2) is 27.8 Å². The van der Waals surface area contributed by atoms with Crippen molar-refractivity contribution in [3.05, 3.63) is 61.1 Å². The lowest BCUT2D eigenvalue weighted by Gasteiger charge is -2.14. The third-order valence-electron chi connectivity index (χ3n) is 3.52. The summed E-state index contributed by atoms with van der Waals surface area (Å²) in [6, 6.07) is 1.52. The lowest BCUT2D eigenvalue weighted by molar-refractivity contribution is -0.146. The normalized spacial score (nSPS) is 12.1. The molecule has 1 aromatic carbocycles. The number of aliphatic carboxylic acids is 1. The monoisotopic (exact) mass is 421 g/mol. The minimum atomic E-state index is -3.25. The number of hydrogen-bond acceptors (Lipinski definition) is 6. The molecule has 0 aliphatic carbocycles. The number of carbonyl (C=O) groups excluding carboxylic acids is 1. The van der Waals surface area contributed by atoms with Gasteiger partial charge in [-0.3, -0.25) is 4.79 Å². The summed E-state index contributed by atoms with van der Waals surface area (Å²) in [6.45, 7) is 1.04. The van der Waals surface area contributed by atoms with Gasteiger partial charge in [-0.05, 0) is 19.1 Å². The second-order valence-corrected chi connectivity index (χ2v) is 5.77. The molecule has 2 aromatic rings. The number of nitrogen functional groups attached to an aromatic ring is 1. The van der Waals surface area contributed by atoms with E-state index in [2.05, 4.69) is 4.74 Å². The van der Waals surface area contributed by atoms with Crippen LogP contribution in [0.25, 0.3) is 5.69 Å². The van der Waals surface area contributed by atoms with Gasteiger partial charge in [0.1, 0.15) is 11.5 Å². The number of carboxylic acid groups (broad SMARTS) is 1. The van der Waals surface area contributed by atoms with Gasteiger partial charge in [0.25, 0.3) is 12.0 Å². The van der Waals surface area contributed by atoms with Gasteiger partial charge in [-0.25, -0.2) is 36.8 Å². The van der Waals surface area contributed by atoms with Crippen molar-refractivity contribution < 1.29 is 32.6 Å². The van der Waals surface area contributed by atoms with Crippen LogP contribution in [-0.4, -0.2) is 32.4 Å². The van der Waals surface area contributed by atoms with Crippen molar-refractivity contribution >= 4 is 23.5 Å². The Morgan fingerprint density at radius 3 is 2.39 bits per heavy atom. The summed E-state index contributed by atoms with van der Waals surface area (Å²) < 4.78 is 44.6. The van der Waals surface area contributed by atoms with Crippen LogP contribution in [-0.2, 0) is 9.53 Å². The molecule has 0 aliphatic rings. The van der Waals surface area contributed by atoms with Crippen molar-refractivity contribution in [2.75, 3.05) is 5.84 Å². The predicted molar refractivity (Wildman–Crippen MR) is 88.9 cm³/mol. The Bertz CT molecular complexity index is 1080. The van der Waals surface area contributed by atoms with E-state index in [-0.39, 0.29) is 9.24 Å². The molecule has 2 rings (SSSR count). The van der Waals surface area contributed by atoms with E-state index >= 15 is 0 Å². The molecule has 9 nitrogen and oxygen atoms in total. The second-order valence-electron chi connectivity index (χ2n) is 5.37. The molecule has 1 heterocycles. The Balaban J connectivity index is 2.67. The van der Waals surface area contributed by atoms with Crippen LogP contribution in [0.1, 0.15) is 29.4 Å². The van der Waals surface area contributed by atoms with Crippen molar-refractivity contribution in [1.29, 1.82) is 0 Å². The number of alkyl halides is 2. The zero-order chi connectivity index (χ0) is 21.3. The number of rotatable bonds is 5. The summed E-state index contributed by atoms with van der Waals surface area (Å²) in [5.74, 6) is 1.21. The van der Waals surface area contributed by atoms with Gasteiger partial charge in [0.15, 0.2) is 6.10 Å². The molecule has 0 saturated carbocycles. The zero-order valence-electron chi connectivity index (χ0n) is 13.9. The van der Waals surface area contributed by atoms with Gasteiger partial charge in [-0.2, -0.15) is 0 Å². The molecular formula is C15H11ClF3N3O6. The van der Waals surface area contributed by atoms with E-state index in [1.807, 2.05) is 0 Å². The molecule has 28 heavy (non-hydrogen) atoms. The van der Waals surface area contributed by atoms with Crippen molar-refractivity contribution in [3.8, 4) is 5.69 Å². The van der Waals surface area contributed by atoms with Gasteiger partial charge in [-0.15, -0.1) is 0 Å². The van der Waals surface area contributed by atoms with E-state index in [4.69, 9.17) is 22.6 Å². The summed E-state index contributed by atoms with van der Waals surface area (Å²) in [6.07, 6.45) is -4.83. The first-order valence-electron chi connectivity index (χ1n) is 7.31. The molecular weight excluding hydrogens is 411 g/mol.